The molecule has 0 aliphatic heterocycles. The van der Waals surface area contributed by atoms with E-state index in [4.69, 9.17) is 0 Å². The Kier molecular flexibility index (Phi) is 2.83. The van der Waals surface area contributed by atoms with E-state index in [1.807, 2.05) is 37.4 Å². The Morgan fingerprint density at radius 2 is 2.16 bits per heavy atom. The van der Waals surface area contributed by atoms with E-state index >= 15 is 0 Å². The van der Waals surface area contributed by atoms with Gasteiger partial charge in [-0.15, -0.1) is 0 Å². The number of phenols is 1. The third-order valence-corrected chi connectivity index (χ3v) is 3.17. The predicted octanol–water partition coefficient (Wildman–Crippen LogP) is 3.19. The first-order valence-corrected chi connectivity index (χ1v) is 6.18. The zero-order valence-electron chi connectivity index (χ0n) is 10.6. The van der Waals surface area contributed by atoms with Crippen molar-refractivity contribution in [3.05, 3.63) is 53.9 Å². The summed E-state index contributed by atoms with van der Waals surface area (Å²) in [5.41, 5.74) is 3.78. The number of rotatable bonds is 3. The van der Waals surface area contributed by atoms with Gasteiger partial charge in [0.2, 0.25) is 0 Å². The molecule has 19 heavy (non-hydrogen) atoms. The average Bonchev–Trinajstić information content (AvgIpc) is 2.87. The van der Waals surface area contributed by atoms with Crippen molar-refractivity contribution in [2.24, 2.45) is 0 Å². The van der Waals surface area contributed by atoms with E-state index in [1.54, 1.807) is 12.3 Å². The molecule has 0 spiro atoms. The van der Waals surface area contributed by atoms with Crippen LogP contribution in [0.4, 0.5) is 5.69 Å². The van der Waals surface area contributed by atoms with Crippen LogP contribution >= 0.6 is 0 Å². The number of nitrogens with one attached hydrogen (secondary N) is 2. The second kappa shape index (κ2) is 4.65. The standard InChI is InChI=1S/C15H15N3O/c1-10-2-3-11(6-14(10)19)8-17-13-7-12-4-5-16-15(12)18-9-13/h2-7,9,17,19H,8H2,1H3,(H,16,18). The van der Waals surface area contributed by atoms with E-state index in [9.17, 15) is 5.11 Å². The summed E-state index contributed by atoms with van der Waals surface area (Å²) < 4.78 is 0. The summed E-state index contributed by atoms with van der Waals surface area (Å²) in [6.07, 6.45) is 3.67. The normalized spacial score (nSPS) is 10.8. The van der Waals surface area contributed by atoms with Crippen LogP contribution in [0.25, 0.3) is 11.0 Å². The van der Waals surface area contributed by atoms with E-state index in [1.165, 1.54) is 0 Å². The van der Waals surface area contributed by atoms with Crippen molar-refractivity contribution in [3.8, 4) is 5.75 Å². The second-order valence-electron chi connectivity index (χ2n) is 4.61. The minimum Gasteiger partial charge on any atom is -0.508 e. The number of aromatic hydroxyl groups is 1. The van der Waals surface area contributed by atoms with Gasteiger partial charge in [-0.2, -0.15) is 0 Å². The van der Waals surface area contributed by atoms with E-state index < -0.39 is 0 Å². The second-order valence-corrected chi connectivity index (χ2v) is 4.61. The van der Waals surface area contributed by atoms with Crippen molar-refractivity contribution >= 4 is 16.7 Å². The van der Waals surface area contributed by atoms with Gasteiger partial charge in [-0.25, -0.2) is 4.98 Å². The molecule has 0 saturated carbocycles. The fourth-order valence-corrected chi connectivity index (χ4v) is 2.01. The van der Waals surface area contributed by atoms with Crippen molar-refractivity contribution in [1.82, 2.24) is 9.97 Å². The summed E-state index contributed by atoms with van der Waals surface area (Å²) in [5.74, 6) is 0.332. The maximum Gasteiger partial charge on any atom is 0.137 e. The van der Waals surface area contributed by atoms with E-state index in [0.29, 0.717) is 12.3 Å². The van der Waals surface area contributed by atoms with E-state index in [2.05, 4.69) is 15.3 Å². The average molecular weight is 253 g/mol. The smallest absolute Gasteiger partial charge is 0.137 e. The molecule has 0 bridgehead atoms. The number of H-pyrrole nitrogens is 1. The molecule has 0 atom stereocenters. The summed E-state index contributed by atoms with van der Waals surface area (Å²) in [6, 6.07) is 9.74. The number of aryl methyl sites for hydroxylation is 1. The van der Waals surface area contributed by atoms with Crippen molar-refractivity contribution in [3.63, 3.8) is 0 Å². The molecule has 0 unspecified atom stereocenters. The van der Waals surface area contributed by atoms with Crippen molar-refractivity contribution in [2.75, 3.05) is 5.32 Å². The van der Waals surface area contributed by atoms with Crippen LogP contribution in [0.1, 0.15) is 11.1 Å². The lowest BCUT2D eigenvalue weighted by molar-refractivity contribution is 0.470. The molecule has 0 amide bonds. The number of phenolic OH excluding ortho intramolecular Hbond substituents is 1. The number of anilines is 1. The topological polar surface area (TPSA) is 60.9 Å². The maximum absolute atomic E-state index is 9.67. The van der Waals surface area contributed by atoms with Crippen LogP contribution in [0.2, 0.25) is 0 Å². The number of aromatic nitrogens is 2. The molecule has 96 valence electrons. The molecule has 3 N–H and O–H groups in total. The highest BCUT2D eigenvalue weighted by molar-refractivity contribution is 5.78. The van der Waals surface area contributed by atoms with Crippen molar-refractivity contribution in [2.45, 2.75) is 13.5 Å². The summed E-state index contributed by atoms with van der Waals surface area (Å²) in [6.45, 7) is 2.54. The minimum absolute atomic E-state index is 0.332. The zero-order valence-corrected chi connectivity index (χ0v) is 10.6. The molecule has 4 heteroatoms. The van der Waals surface area contributed by atoms with Crippen LogP contribution in [0, 0.1) is 6.92 Å². The van der Waals surface area contributed by atoms with Gasteiger partial charge in [0, 0.05) is 18.1 Å². The Hall–Kier alpha value is -2.49. The molecular weight excluding hydrogens is 238 g/mol. The number of hydrogen-bond acceptors (Lipinski definition) is 3. The molecule has 2 aromatic heterocycles. The molecule has 0 aliphatic carbocycles. The molecule has 2 heterocycles. The van der Waals surface area contributed by atoms with Gasteiger partial charge < -0.3 is 15.4 Å². The number of aromatic amines is 1. The molecule has 0 fully saturated rings. The number of pyridine rings is 1. The van der Waals surface area contributed by atoms with Crippen LogP contribution in [-0.4, -0.2) is 15.1 Å². The minimum atomic E-state index is 0.332. The van der Waals surface area contributed by atoms with Gasteiger partial charge in [0.05, 0.1) is 11.9 Å². The van der Waals surface area contributed by atoms with Crippen LogP contribution in [-0.2, 0) is 6.54 Å². The lowest BCUT2D eigenvalue weighted by atomic mass is 10.1. The SMILES string of the molecule is Cc1ccc(CNc2cnc3[nH]ccc3c2)cc1O. The number of hydrogen-bond donors (Lipinski definition) is 3. The highest BCUT2D eigenvalue weighted by Crippen LogP contribution is 2.19. The molecule has 3 aromatic rings. The Morgan fingerprint density at radius 1 is 1.26 bits per heavy atom. The molecule has 4 nitrogen and oxygen atoms in total. The predicted molar refractivity (Wildman–Crippen MR) is 76.3 cm³/mol. The zero-order chi connectivity index (χ0) is 13.2. The molecular formula is C15H15N3O. The Bertz CT molecular complexity index is 718. The number of fused-ring (bicyclic) bond motifs is 1. The monoisotopic (exact) mass is 253 g/mol. The van der Waals surface area contributed by atoms with Gasteiger partial charge >= 0.3 is 0 Å². The summed E-state index contributed by atoms with van der Waals surface area (Å²) >= 11 is 0. The van der Waals surface area contributed by atoms with Crippen molar-refractivity contribution in [1.29, 1.82) is 0 Å². The van der Waals surface area contributed by atoms with Crippen LogP contribution in [0.3, 0.4) is 0 Å². The summed E-state index contributed by atoms with van der Waals surface area (Å²) in [5, 5.41) is 14.0. The first-order chi connectivity index (χ1) is 9.22. The summed E-state index contributed by atoms with van der Waals surface area (Å²) in [7, 11) is 0. The highest BCUT2D eigenvalue weighted by atomic mass is 16.3. The molecule has 0 aliphatic rings. The first kappa shape index (κ1) is 11.6. The summed E-state index contributed by atoms with van der Waals surface area (Å²) in [4.78, 5) is 7.38. The highest BCUT2D eigenvalue weighted by Gasteiger charge is 2.01. The third kappa shape index (κ3) is 2.38. The van der Waals surface area contributed by atoms with E-state index in [-0.39, 0.29) is 0 Å². The lowest BCUT2D eigenvalue weighted by Crippen LogP contribution is -1.99. The Labute approximate surface area is 111 Å². The third-order valence-electron chi connectivity index (χ3n) is 3.17. The fraction of sp³-hybridized carbons (Fsp3) is 0.133. The van der Waals surface area contributed by atoms with Crippen LogP contribution in [0.5, 0.6) is 5.75 Å². The Balaban J connectivity index is 1.75. The van der Waals surface area contributed by atoms with Crippen molar-refractivity contribution < 1.29 is 5.11 Å². The van der Waals surface area contributed by atoms with Gasteiger partial charge in [-0.1, -0.05) is 12.1 Å². The van der Waals surface area contributed by atoms with Gasteiger partial charge in [-0.3, -0.25) is 0 Å². The molecule has 3 rings (SSSR count). The maximum atomic E-state index is 9.67. The fourth-order valence-electron chi connectivity index (χ4n) is 2.01. The first-order valence-electron chi connectivity index (χ1n) is 6.18. The van der Waals surface area contributed by atoms with Gasteiger partial charge in [0.1, 0.15) is 11.4 Å². The van der Waals surface area contributed by atoms with Crippen LogP contribution in [0.15, 0.2) is 42.7 Å². The molecule has 0 radical (unpaired) electrons. The van der Waals surface area contributed by atoms with Gasteiger partial charge in [-0.05, 0) is 36.2 Å². The number of benzene rings is 1. The Morgan fingerprint density at radius 3 is 3.00 bits per heavy atom. The van der Waals surface area contributed by atoms with Gasteiger partial charge in [0.25, 0.3) is 0 Å². The number of nitrogens with zero attached hydrogens (tertiary/aromatic N) is 1. The largest absolute Gasteiger partial charge is 0.508 e. The van der Waals surface area contributed by atoms with E-state index in [0.717, 1.165) is 27.8 Å². The van der Waals surface area contributed by atoms with Gasteiger partial charge in [0.15, 0.2) is 0 Å². The molecule has 1 aromatic carbocycles. The quantitative estimate of drug-likeness (QED) is 0.671. The van der Waals surface area contributed by atoms with Crippen LogP contribution < -0.4 is 5.32 Å². The lowest BCUT2D eigenvalue weighted by Gasteiger charge is -2.07. The molecule has 0 saturated heterocycles.